The molecule has 0 atom stereocenters. The summed E-state index contributed by atoms with van der Waals surface area (Å²) in [5, 5.41) is 0. The van der Waals surface area contributed by atoms with Gasteiger partial charge >= 0.3 is 6.09 Å². The first kappa shape index (κ1) is 16.2. The van der Waals surface area contributed by atoms with Crippen LogP contribution in [0.1, 0.15) is 18.1 Å². The Morgan fingerprint density at radius 1 is 0.955 bits per heavy atom. The van der Waals surface area contributed by atoms with E-state index in [4.69, 9.17) is 4.74 Å². The van der Waals surface area contributed by atoms with Crippen molar-refractivity contribution in [2.75, 3.05) is 6.61 Å². The van der Waals surface area contributed by atoms with Gasteiger partial charge in [-0.2, -0.15) is 0 Å². The molecule has 2 aromatic rings. The minimum atomic E-state index is -2.77. The molecule has 0 aliphatic rings. The van der Waals surface area contributed by atoms with Crippen LogP contribution in [-0.4, -0.2) is 16.9 Å². The highest BCUT2D eigenvalue weighted by molar-refractivity contribution is 7.92. The Balaban J connectivity index is 2.31. The molecule has 0 aromatic heterocycles. The summed E-state index contributed by atoms with van der Waals surface area (Å²) in [4.78, 5) is 11.7. The van der Waals surface area contributed by atoms with Gasteiger partial charge in [0.1, 0.15) is 0 Å². The topological polar surface area (TPSA) is 55.7 Å². The minimum Gasteiger partial charge on any atom is -0.448 e. The number of rotatable bonds is 5. The maximum absolute atomic E-state index is 13.1. The molecule has 2 rings (SSSR count). The Morgan fingerprint density at radius 2 is 1.41 bits per heavy atom. The number of carbonyl (C=O) groups excluding carboxylic acids is 1. The minimum absolute atomic E-state index is 0.217. The van der Waals surface area contributed by atoms with E-state index in [9.17, 15) is 9.00 Å². The van der Waals surface area contributed by atoms with Gasteiger partial charge in [-0.15, -0.1) is 4.36 Å². The molecule has 4 nitrogen and oxygen atoms in total. The van der Waals surface area contributed by atoms with Crippen LogP contribution in [0.3, 0.4) is 0 Å². The summed E-state index contributed by atoms with van der Waals surface area (Å²) in [6.07, 6.45) is -0.764. The fourth-order valence-corrected chi connectivity index (χ4v) is 4.05. The van der Waals surface area contributed by atoms with Crippen LogP contribution < -0.4 is 0 Å². The third kappa shape index (κ3) is 5.00. The van der Waals surface area contributed by atoms with E-state index in [-0.39, 0.29) is 18.1 Å². The maximum atomic E-state index is 13.1. The molecular formula is C17H19NO3S. The molecule has 0 aliphatic carbocycles. The van der Waals surface area contributed by atoms with E-state index in [0.717, 1.165) is 11.1 Å². The summed E-state index contributed by atoms with van der Waals surface area (Å²) in [6, 6.07) is 18.8. The Kier molecular flexibility index (Phi) is 5.72. The smallest absolute Gasteiger partial charge is 0.441 e. The number of benzene rings is 2. The molecule has 22 heavy (non-hydrogen) atoms. The first-order chi connectivity index (χ1) is 10.6. The van der Waals surface area contributed by atoms with E-state index in [2.05, 4.69) is 4.36 Å². The van der Waals surface area contributed by atoms with Gasteiger partial charge in [-0.1, -0.05) is 60.7 Å². The predicted octanol–water partition coefficient (Wildman–Crippen LogP) is 4.01. The number of carbonyl (C=O) groups is 1. The maximum Gasteiger partial charge on any atom is 0.441 e. The first-order valence-electron chi connectivity index (χ1n) is 7.08. The van der Waals surface area contributed by atoms with Crippen LogP contribution in [0.25, 0.3) is 0 Å². The molecule has 0 N–H and O–H groups in total. The second-order valence-electron chi connectivity index (χ2n) is 4.82. The Bertz CT molecular complexity index is 673. The summed E-state index contributed by atoms with van der Waals surface area (Å²) >= 11 is 0. The summed E-state index contributed by atoms with van der Waals surface area (Å²) in [5.74, 6) is 0.448. The van der Waals surface area contributed by atoms with Gasteiger partial charge in [0.25, 0.3) is 0 Å². The summed E-state index contributed by atoms with van der Waals surface area (Å²) in [7, 11) is -2.77. The number of hydrogen-bond donors (Lipinski definition) is 0. The molecule has 0 heterocycles. The van der Waals surface area contributed by atoms with E-state index >= 15 is 0 Å². The van der Waals surface area contributed by atoms with Crippen molar-refractivity contribution in [3.63, 3.8) is 0 Å². The predicted molar refractivity (Wildman–Crippen MR) is 87.9 cm³/mol. The van der Waals surface area contributed by atoms with Crippen molar-refractivity contribution in [3.05, 3.63) is 71.8 Å². The summed E-state index contributed by atoms with van der Waals surface area (Å²) in [5.41, 5.74) is 1.77. The Labute approximate surface area is 131 Å². The van der Waals surface area contributed by atoms with E-state index in [1.807, 2.05) is 60.7 Å². The van der Waals surface area contributed by atoms with Gasteiger partial charge in [-0.25, -0.2) is 9.00 Å². The van der Waals surface area contributed by atoms with Crippen LogP contribution in [-0.2, 0) is 26.0 Å². The van der Waals surface area contributed by atoms with Gasteiger partial charge in [-0.3, -0.25) is 0 Å². The summed E-state index contributed by atoms with van der Waals surface area (Å²) in [6.45, 7) is 1.91. The van der Waals surface area contributed by atoms with Crippen molar-refractivity contribution in [1.82, 2.24) is 0 Å². The molecule has 0 unspecified atom stereocenters. The first-order valence-corrected chi connectivity index (χ1v) is 8.94. The molecule has 1 amide bonds. The standard InChI is InChI=1S/C17H19NO3S/c1-2-21-17(19)18-22(20,13-15-9-5-3-6-10-15)14-16-11-7-4-8-12-16/h3-12H,2,13-14H2,1H3. The van der Waals surface area contributed by atoms with E-state index in [1.54, 1.807) is 6.92 Å². The lowest BCUT2D eigenvalue weighted by Crippen LogP contribution is -2.11. The SMILES string of the molecule is CCOC(=O)N=S(=O)(Cc1ccccc1)Cc1ccccc1. The van der Waals surface area contributed by atoms with Gasteiger partial charge in [0.15, 0.2) is 0 Å². The number of nitrogens with zero attached hydrogens (tertiary/aromatic N) is 1. The molecule has 0 fully saturated rings. The van der Waals surface area contributed by atoms with Crippen molar-refractivity contribution >= 4 is 15.8 Å². The lowest BCUT2D eigenvalue weighted by Gasteiger charge is -2.10. The van der Waals surface area contributed by atoms with Gasteiger partial charge in [0, 0.05) is 0 Å². The van der Waals surface area contributed by atoms with Gasteiger partial charge in [0.05, 0.1) is 27.8 Å². The largest absolute Gasteiger partial charge is 0.448 e. The van der Waals surface area contributed by atoms with Crippen LogP contribution in [0.5, 0.6) is 0 Å². The summed E-state index contributed by atoms with van der Waals surface area (Å²) < 4.78 is 21.8. The molecule has 0 saturated heterocycles. The van der Waals surface area contributed by atoms with Gasteiger partial charge in [-0.05, 0) is 18.1 Å². The Hall–Kier alpha value is -2.14. The van der Waals surface area contributed by atoms with Crippen LogP contribution in [0.2, 0.25) is 0 Å². The normalized spacial score (nSPS) is 11.0. The van der Waals surface area contributed by atoms with Crippen LogP contribution in [0.15, 0.2) is 65.0 Å². The molecule has 116 valence electrons. The number of hydrogen-bond acceptors (Lipinski definition) is 3. The fraction of sp³-hybridized carbons (Fsp3) is 0.235. The third-order valence-electron chi connectivity index (χ3n) is 2.98. The van der Waals surface area contributed by atoms with Crippen LogP contribution >= 0.6 is 0 Å². The fourth-order valence-electron chi connectivity index (χ4n) is 2.07. The van der Waals surface area contributed by atoms with E-state index < -0.39 is 15.8 Å². The number of ether oxygens (including phenoxy) is 1. The van der Waals surface area contributed by atoms with Crippen molar-refractivity contribution in [2.24, 2.45) is 4.36 Å². The molecule has 0 bridgehead atoms. The van der Waals surface area contributed by atoms with Crippen molar-refractivity contribution in [3.8, 4) is 0 Å². The Morgan fingerprint density at radius 3 is 1.82 bits per heavy atom. The quantitative estimate of drug-likeness (QED) is 0.837. The van der Waals surface area contributed by atoms with Gasteiger partial charge < -0.3 is 4.74 Å². The lowest BCUT2D eigenvalue weighted by atomic mass is 10.2. The van der Waals surface area contributed by atoms with Crippen molar-refractivity contribution < 1.29 is 13.7 Å². The second-order valence-corrected chi connectivity index (χ2v) is 7.13. The molecule has 0 radical (unpaired) electrons. The molecule has 0 aliphatic heterocycles. The molecule has 0 saturated carbocycles. The third-order valence-corrected chi connectivity index (χ3v) is 5.03. The average Bonchev–Trinajstić information content (AvgIpc) is 2.49. The highest BCUT2D eigenvalue weighted by atomic mass is 32.2. The highest BCUT2D eigenvalue weighted by Gasteiger charge is 2.15. The molecule has 5 heteroatoms. The molecular weight excluding hydrogens is 298 g/mol. The van der Waals surface area contributed by atoms with E-state index in [0.29, 0.717) is 0 Å². The van der Waals surface area contributed by atoms with Crippen LogP contribution in [0.4, 0.5) is 4.79 Å². The molecule has 0 spiro atoms. The highest BCUT2D eigenvalue weighted by Crippen LogP contribution is 2.15. The van der Waals surface area contributed by atoms with Crippen LogP contribution in [0, 0.1) is 0 Å². The zero-order valence-electron chi connectivity index (χ0n) is 12.5. The molecule has 2 aromatic carbocycles. The zero-order chi connectivity index (χ0) is 15.8. The van der Waals surface area contributed by atoms with E-state index in [1.165, 1.54) is 0 Å². The monoisotopic (exact) mass is 317 g/mol. The lowest BCUT2D eigenvalue weighted by molar-refractivity contribution is 0.164. The average molecular weight is 317 g/mol. The van der Waals surface area contributed by atoms with Gasteiger partial charge in [0.2, 0.25) is 0 Å². The zero-order valence-corrected chi connectivity index (χ0v) is 13.3. The van der Waals surface area contributed by atoms with Crippen molar-refractivity contribution in [1.29, 1.82) is 0 Å². The number of amides is 1. The van der Waals surface area contributed by atoms with Crippen molar-refractivity contribution in [2.45, 2.75) is 18.4 Å². The second kappa shape index (κ2) is 7.75.